The molecular weight excluding hydrogens is 368 g/mol. The van der Waals surface area contributed by atoms with E-state index in [4.69, 9.17) is 10.5 Å². The minimum atomic E-state index is -0.498. The van der Waals surface area contributed by atoms with Gasteiger partial charge in [0, 0.05) is 13.1 Å². The first-order valence-corrected chi connectivity index (χ1v) is 9.73. The molecule has 144 valence electrons. The number of nitrogens with two attached hydrogens (primary N) is 1. The lowest BCUT2D eigenvalue weighted by molar-refractivity contribution is -0.151. The highest BCUT2D eigenvalue weighted by molar-refractivity contribution is 7.13. The summed E-state index contributed by atoms with van der Waals surface area (Å²) >= 11 is 1.47. The van der Waals surface area contributed by atoms with Gasteiger partial charge in [-0.1, -0.05) is 6.07 Å². The van der Waals surface area contributed by atoms with Crippen LogP contribution in [0.5, 0.6) is 0 Å². The zero-order valence-electron chi connectivity index (χ0n) is 15.1. The van der Waals surface area contributed by atoms with Crippen LogP contribution in [0.2, 0.25) is 0 Å². The van der Waals surface area contributed by atoms with Crippen LogP contribution in [0.4, 0.5) is 5.69 Å². The topological polar surface area (TPSA) is 108 Å². The molecule has 0 aromatic carbocycles. The van der Waals surface area contributed by atoms with Crippen molar-refractivity contribution in [3.8, 4) is 10.6 Å². The number of carbonyl (C=O) groups excluding carboxylic acids is 2. The number of rotatable bonds is 5. The molecule has 1 aliphatic rings. The molecule has 1 fully saturated rings. The van der Waals surface area contributed by atoms with Crippen molar-refractivity contribution < 1.29 is 14.3 Å². The van der Waals surface area contributed by atoms with E-state index in [1.165, 1.54) is 17.4 Å². The van der Waals surface area contributed by atoms with Crippen LogP contribution in [0.25, 0.3) is 10.6 Å². The number of hydrogen-bond donors (Lipinski definition) is 1. The number of esters is 1. The fourth-order valence-electron chi connectivity index (χ4n) is 3.10. The van der Waals surface area contributed by atoms with Gasteiger partial charge in [0.1, 0.15) is 17.9 Å². The van der Waals surface area contributed by atoms with Crippen molar-refractivity contribution in [2.45, 2.75) is 26.3 Å². The van der Waals surface area contributed by atoms with Crippen LogP contribution in [0.1, 0.15) is 19.8 Å². The lowest BCUT2D eigenvalue weighted by atomic mass is 9.98. The summed E-state index contributed by atoms with van der Waals surface area (Å²) in [5, 5.41) is 6.19. The van der Waals surface area contributed by atoms with Gasteiger partial charge in [0.25, 0.3) is 5.56 Å². The molecule has 1 amide bonds. The fraction of sp³-hybridized carbons (Fsp3) is 0.444. The lowest BCUT2D eigenvalue weighted by Gasteiger charge is -2.31. The molecule has 9 heteroatoms. The van der Waals surface area contributed by atoms with Gasteiger partial charge < -0.3 is 15.4 Å². The number of amides is 1. The van der Waals surface area contributed by atoms with Gasteiger partial charge in [0.2, 0.25) is 5.91 Å². The second-order valence-electron chi connectivity index (χ2n) is 6.36. The van der Waals surface area contributed by atoms with Gasteiger partial charge in [0.15, 0.2) is 0 Å². The van der Waals surface area contributed by atoms with Gasteiger partial charge in [-0.05, 0) is 37.3 Å². The molecular formula is C18H22N4O4S. The second kappa shape index (κ2) is 8.34. The van der Waals surface area contributed by atoms with Crippen LogP contribution in [-0.2, 0) is 20.9 Å². The molecule has 0 radical (unpaired) electrons. The SMILES string of the molecule is CCOC(=O)[C@@H]1CCCN(C(=O)Cn2nc(-c3cccs3)cc(N)c2=O)C1. The van der Waals surface area contributed by atoms with Crippen molar-refractivity contribution in [3.05, 3.63) is 33.9 Å². The number of thiophene rings is 1. The van der Waals surface area contributed by atoms with Crippen LogP contribution in [0, 0.1) is 5.92 Å². The van der Waals surface area contributed by atoms with Gasteiger partial charge in [-0.15, -0.1) is 11.3 Å². The molecule has 3 heterocycles. The minimum absolute atomic E-state index is 0.0456. The summed E-state index contributed by atoms with van der Waals surface area (Å²) in [6.07, 6.45) is 1.41. The Morgan fingerprint density at radius 1 is 1.44 bits per heavy atom. The summed E-state index contributed by atoms with van der Waals surface area (Å²) in [6.45, 7) is 2.71. The maximum atomic E-state index is 12.7. The van der Waals surface area contributed by atoms with Gasteiger partial charge in [0.05, 0.1) is 17.4 Å². The van der Waals surface area contributed by atoms with E-state index in [2.05, 4.69) is 5.10 Å². The molecule has 2 N–H and O–H groups in total. The van der Waals surface area contributed by atoms with Crippen LogP contribution >= 0.6 is 11.3 Å². The molecule has 0 spiro atoms. The summed E-state index contributed by atoms with van der Waals surface area (Å²) in [7, 11) is 0. The number of ether oxygens (including phenoxy) is 1. The first-order valence-electron chi connectivity index (χ1n) is 8.85. The van der Waals surface area contributed by atoms with E-state index in [0.717, 1.165) is 16.0 Å². The minimum Gasteiger partial charge on any atom is -0.466 e. The molecule has 2 aromatic rings. The number of hydrogen-bond acceptors (Lipinski definition) is 7. The quantitative estimate of drug-likeness (QED) is 0.773. The van der Waals surface area contributed by atoms with Crippen molar-refractivity contribution in [1.29, 1.82) is 0 Å². The molecule has 0 bridgehead atoms. The highest BCUT2D eigenvalue weighted by Crippen LogP contribution is 2.23. The summed E-state index contributed by atoms with van der Waals surface area (Å²) in [6, 6.07) is 5.27. The van der Waals surface area contributed by atoms with Crippen molar-refractivity contribution in [3.63, 3.8) is 0 Å². The van der Waals surface area contributed by atoms with Gasteiger partial charge in [-0.2, -0.15) is 5.10 Å². The number of nitrogen functional groups attached to an aromatic ring is 1. The third kappa shape index (κ3) is 4.36. The van der Waals surface area contributed by atoms with Crippen molar-refractivity contribution >= 4 is 28.9 Å². The normalized spacial score (nSPS) is 16.9. The summed E-state index contributed by atoms with van der Waals surface area (Å²) in [4.78, 5) is 39.4. The van der Waals surface area contributed by atoms with E-state index in [1.807, 2.05) is 17.5 Å². The Kier molecular flexibility index (Phi) is 5.90. The fourth-order valence-corrected chi connectivity index (χ4v) is 3.78. The Labute approximate surface area is 160 Å². The Bertz CT molecular complexity index is 878. The lowest BCUT2D eigenvalue weighted by Crippen LogP contribution is -2.45. The number of likely N-dealkylation sites (tertiary alicyclic amines) is 1. The standard InChI is InChI=1S/C18H22N4O4S/c1-2-26-18(25)12-5-3-7-21(10-12)16(23)11-22-17(24)13(19)9-14(20-22)15-6-4-8-27-15/h4,6,8-9,12H,2-3,5,7,10-11,19H2,1H3/t12-/m1/s1. The summed E-state index contributed by atoms with van der Waals surface area (Å²) < 4.78 is 6.16. The van der Waals surface area contributed by atoms with Crippen LogP contribution < -0.4 is 11.3 Å². The maximum Gasteiger partial charge on any atom is 0.310 e. The van der Waals surface area contributed by atoms with Crippen molar-refractivity contribution in [2.75, 3.05) is 25.4 Å². The zero-order chi connectivity index (χ0) is 19.4. The van der Waals surface area contributed by atoms with Crippen molar-refractivity contribution in [1.82, 2.24) is 14.7 Å². The molecule has 1 aliphatic heterocycles. The van der Waals surface area contributed by atoms with Crippen LogP contribution in [0.15, 0.2) is 28.4 Å². The number of anilines is 1. The molecule has 27 heavy (non-hydrogen) atoms. The number of carbonyl (C=O) groups is 2. The van der Waals surface area contributed by atoms with Crippen LogP contribution in [-0.4, -0.2) is 46.3 Å². The average molecular weight is 390 g/mol. The predicted molar refractivity (Wildman–Crippen MR) is 102 cm³/mol. The van der Waals surface area contributed by atoms with E-state index in [9.17, 15) is 14.4 Å². The Morgan fingerprint density at radius 3 is 2.96 bits per heavy atom. The molecule has 8 nitrogen and oxygen atoms in total. The van der Waals surface area contributed by atoms with Crippen molar-refractivity contribution in [2.24, 2.45) is 5.92 Å². The largest absolute Gasteiger partial charge is 0.466 e. The second-order valence-corrected chi connectivity index (χ2v) is 7.30. The first-order chi connectivity index (χ1) is 13.0. The molecule has 3 rings (SSSR count). The number of aromatic nitrogens is 2. The van der Waals surface area contributed by atoms with E-state index in [1.54, 1.807) is 11.8 Å². The van der Waals surface area contributed by atoms with Gasteiger partial charge >= 0.3 is 5.97 Å². The van der Waals surface area contributed by atoms with E-state index >= 15 is 0 Å². The van der Waals surface area contributed by atoms with E-state index in [0.29, 0.717) is 31.8 Å². The monoisotopic (exact) mass is 390 g/mol. The van der Waals surface area contributed by atoms with Crippen LogP contribution in [0.3, 0.4) is 0 Å². The zero-order valence-corrected chi connectivity index (χ0v) is 15.9. The average Bonchev–Trinajstić information content (AvgIpc) is 3.20. The van der Waals surface area contributed by atoms with Gasteiger partial charge in [-0.25, -0.2) is 4.68 Å². The smallest absolute Gasteiger partial charge is 0.310 e. The molecule has 2 aromatic heterocycles. The summed E-state index contributed by atoms with van der Waals surface area (Å²) in [5.74, 6) is -0.870. The summed E-state index contributed by atoms with van der Waals surface area (Å²) in [5.41, 5.74) is 5.92. The first kappa shape index (κ1) is 19.1. The highest BCUT2D eigenvalue weighted by atomic mass is 32.1. The highest BCUT2D eigenvalue weighted by Gasteiger charge is 2.29. The third-order valence-electron chi connectivity index (χ3n) is 4.45. The van der Waals surface area contributed by atoms with Gasteiger partial charge in [-0.3, -0.25) is 14.4 Å². The predicted octanol–water partition coefficient (Wildman–Crippen LogP) is 1.36. The number of nitrogens with zero attached hydrogens (tertiary/aromatic N) is 3. The van der Waals surface area contributed by atoms with E-state index < -0.39 is 5.56 Å². The Morgan fingerprint density at radius 2 is 2.26 bits per heavy atom. The molecule has 1 atom stereocenters. The molecule has 0 unspecified atom stereocenters. The Hall–Kier alpha value is -2.68. The maximum absolute atomic E-state index is 12.7. The third-order valence-corrected chi connectivity index (χ3v) is 5.35. The number of piperidine rings is 1. The molecule has 0 saturated carbocycles. The molecule has 1 saturated heterocycles. The Balaban J connectivity index is 1.75. The molecule has 0 aliphatic carbocycles. The van der Waals surface area contributed by atoms with E-state index in [-0.39, 0.29) is 30.0 Å².